The zero-order valence-corrected chi connectivity index (χ0v) is 15.8. The number of likely N-dealkylation sites (N-methyl/N-ethyl adjacent to an activating group) is 1. The lowest BCUT2D eigenvalue weighted by Gasteiger charge is -2.33. The van der Waals surface area contributed by atoms with Gasteiger partial charge in [-0.3, -0.25) is 4.98 Å². The molecule has 0 spiro atoms. The van der Waals surface area contributed by atoms with Crippen LogP contribution in [0.1, 0.15) is 18.5 Å². The number of aromatic nitrogens is 1. The summed E-state index contributed by atoms with van der Waals surface area (Å²) >= 11 is 11.7. The third-order valence-corrected chi connectivity index (χ3v) is 4.33. The van der Waals surface area contributed by atoms with E-state index in [1.165, 1.54) is 0 Å². The number of anilines is 1. The summed E-state index contributed by atoms with van der Waals surface area (Å²) in [5.41, 5.74) is 2.02. The lowest BCUT2D eigenvalue weighted by atomic mass is 10.1. The van der Waals surface area contributed by atoms with Gasteiger partial charge in [-0.05, 0) is 63.1 Å². The Hall–Kier alpha value is -1.69. The van der Waals surface area contributed by atoms with Crippen molar-refractivity contribution in [1.82, 2.24) is 14.8 Å². The number of halogens is 1. The summed E-state index contributed by atoms with van der Waals surface area (Å²) in [7, 11) is 4.11. The summed E-state index contributed by atoms with van der Waals surface area (Å²) in [5, 5.41) is 4.65. The van der Waals surface area contributed by atoms with Crippen molar-refractivity contribution in [2.75, 3.05) is 32.5 Å². The smallest absolute Gasteiger partial charge is 0.173 e. The number of thiocarbonyl (C=S) groups is 1. The zero-order chi connectivity index (χ0) is 17.5. The molecule has 0 aliphatic rings. The topological polar surface area (TPSA) is 31.4 Å². The summed E-state index contributed by atoms with van der Waals surface area (Å²) in [5.74, 6) is 0. The molecule has 2 rings (SSSR count). The Kier molecular flexibility index (Phi) is 6.97. The van der Waals surface area contributed by atoms with Crippen molar-refractivity contribution in [3.05, 3.63) is 59.4 Å². The van der Waals surface area contributed by atoms with Gasteiger partial charge in [0.2, 0.25) is 0 Å². The molecule has 0 saturated carbocycles. The van der Waals surface area contributed by atoms with Gasteiger partial charge in [-0.25, -0.2) is 0 Å². The van der Waals surface area contributed by atoms with Gasteiger partial charge in [-0.1, -0.05) is 23.7 Å². The van der Waals surface area contributed by atoms with Gasteiger partial charge in [0.1, 0.15) is 0 Å². The SMILES string of the molecule is C[C@@H](c1cccnc1)N(CCN(C)C)C(=S)Nc1cccc(Cl)c1. The number of rotatable bonds is 6. The second-order valence-electron chi connectivity index (χ2n) is 5.90. The fourth-order valence-corrected chi connectivity index (χ4v) is 2.90. The van der Waals surface area contributed by atoms with E-state index >= 15 is 0 Å². The second kappa shape index (κ2) is 8.97. The Bertz CT molecular complexity index is 663. The molecule has 0 radical (unpaired) electrons. The average Bonchev–Trinajstić information content (AvgIpc) is 2.55. The zero-order valence-electron chi connectivity index (χ0n) is 14.2. The van der Waals surface area contributed by atoms with E-state index in [0.29, 0.717) is 10.1 Å². The van der Waals surface area contributed by atoms with Crippen LogP contribution in [0.2, 0.25) is 5.02 Å². The van der Waals surface area contributed by atoms with Crippen LogP contribution in [-0.2, 0) is 0 Å². The summed E-state index contributed by atoms with van der Waals surface area (Å²) in [6, 6.07) is 11.7. The van der Waals surface area contributed by atoms with E-state index in [-0.39, 0.29) is 6.04 Å². The molecule has 0 aliphatic carbocycles. The Morgan fingerprint density at radius 3 is 2.67 bits per heavy atom. The molecule has 0 saturated heterocycles. The maximum atomic E-state index is 6.06. The Morgan fingerprint density at radius 2 is 2.04 bits per heavy atom. The third-order valence-electron chi connectivity index (χ3n) is 3.76. The van der Waals surface area contributed by atoms with E-state index in [9.17, 15) is 0 Å². The first-order valence-electron chi connectivity index (χ1n) is 7.85. The minimum atomic E-state index is 0.123. The summed E-state index contributed by atoms with van der Waals surface area (Å²) < 4.78 is 0. The maximum Gasteiger partial charge on any atom is 0.173 e. The highest BCUT2D eigenvalue weighted by Crippen LogP contribution is 2.21. The Balaban J connectivity index is 2.16. The molecule has 0 bridgehead atoms. The molecule has 6 heteroatoms. The van der Waals surface area contributed by atoms with Gasteiger partial charge >= 0.3 is 0 Å². The molecule has 1 aromatic carbocycles. The van der Waals surface area contributed by atoms with Crippen molar-refractivity contribution in [3.8, 4) is 0 Å². The van der Waals surface area contributed by atoms with Gasteiger partial charge < -0.3 is 15.1 Å². The van der Waals surface area contributed by atoms with Crippen molar-refractivity contribution in [2.45, 2.75) is 13.0 Å². The van der Waals surface area contributed by atoms with Crippen molar-refractivity contribution in [3.63, 3.8) is 0 Å². The van der Waals surface area contributed by atoms with Crippen LogP contribution in [0.5, 0.6) is 0 Å². The quantitative estimate of drug-likeness (QED) is 0.783. The molecule has 0 fully saturated rings. The molecule has 0 aliphatic heterocycles. The van der Waals surface area contributed by atoms with Crippen LogP contribution < -0.4 is 5.32 Å². The fourth-order valence-electron chi connectivity index (χ4n) is 2.34. The number of benzene rings is 1. The van der Waals surface area contributed by atoms with Gasteiger partial charge in [0.05, 0.1) is 6.04 Å². The van der Waals surface area contributed by atoms with Crippen molar-refractivity contribution >= 4 is 34.6 Å². The molecule has 2 aromatic rings. The molecule has 128 valence electrons. The minimum absolute atomic E-state index is 0.123. The van der Waals surface area contributed by atoms with Crippen LogP contribution in [0.3, 0.4) is 0 Å². The lowest BCUT2D eigenvalue weighted by Crippen LogP contribution is -2.40. The summed E-state index contributed by atoms with van der Waals surface area (Å²) in [4.78, 5) is 8.54. The molecule has 0 unspecified atom stereocenters. The maximum absolute atomic E-state index is 6.06. The molecule has 1 atom stereocenters. The van der Waals surface area contributed by atoms with Crippen LogP contribution in [0, 0.1) is 0 Å². The molecule has 24 heavy (non-hydrogen) atoms. The normalized spacial score (nSPS) is 12.0. The van der Waals surface area contributed by atoms with Crippen LogP contribution in [0.25, 0.3) is 0 Å². The molecule has 1 heterocycles. The van der Waals surface area contributed by atoms with E-state index in [0.717, 1.165) is 24.3 Å². The van der Waals surface area contributed by atoms with Gasteiger partial charge in [-0.2, -0.15) is 0 Å². The number of hydrogen-bond donors (Lipinski definition) is 1. The highest BCUT2D eigenvalue weighted by Gasteiger charge is 2.19. The van der Waals surface area contributed by atoms with E-state index in [1.54, 1.807) is 6.20 Å². The lowest BCUT2D eigenvalue weighted by molar-refractivity contribution is 0.289. The molecule has 1 aromatic heterocycles. The van der Waals surface area contributed by atoms with Crippen molar-refractivity contribution in [2.24, 2.45) is 0 Å². The van der Waals surface area contributed by atoms with Crippen LogP contribution >= 0.6 is 23.8 Å². The van der Waals surface area contributed by atoms with Crippen molar-refractivity contribution in [1.29, 1.82) is 0 Å². The molecule has 1 N–H and O–H groups in total. The average molecular weight is 363 g/mol. The second-order valence-corrected chi connectivity index (χ2v) is 6.72. The van der Waals surface area contributed by atoms with E-state index in [4.69, 9.17) is 23.8 Å². The van der Waals surface area contributed by atoms with E-state index < -0.39 is 0 Å². The first kappa shape index (κ1) is 18.6. The minimum Gasteiger partial charge on any atom is -0.341 e. The Morgan fingerprint density at radius 1 is 1.25 bits per heavy atom. The predicted octanol–water partition coefficient (Wildman–Crippen LogP) is 4.06. The van der Waals surface area contributed by atoms with E-state index in [2.05, 4.69) is 47.2 Å². The van der Waals surface area contributed by atoms with Crippen LogP contribution in [-0.4, -0.2) is 47.1 Å². The molecule has 0 amide bonds. The fraction of sp³-hybridized carbons (Fsp3) is 0.333. The van der Waals surface area contributed by atoms with Crippen LogP contribution in [0.15, 0.2) is 48.8 Å². The van der Waals surface area contributed by atoms with Crippen LogP contribution in [0.4, 0.5) is 5.69 Å². The third kappa shape index (κ3) is 5.44. The van der Waals surface area contributed by atoms with Gasteiger partial charge in [-0.15, -0.1) is 0 Å². The predicted molar refractivity (Wildman–Crippen MR) is 106 cm³/mol. The Labute approximate surface area is 154 Å². The number of pyridine rings is 1. The number of nitrogens with zero attached hydrogens (tertiary/aromatic N) is 3. The summed E-state index contributed by atoms with van der Waals surface area (Å²) in [6.45, 7) is 3.86. The highest BCUT2D eigenvalue weighted by atomic mass is 35.5. The molecule has 4 nitrogen and oxygen atoms in total. The summed E-state index contributed by atoms with van der Waals surface area (Å²) in [6.07, 6.45) is 3.66. The molecular weight excluding hydrogens is 340 g/mol. The monoisotopic (exact) mass is 362 g/mol. The molecular formula is C18H23ClN4S. The van der Waals surface area contributed by atoms with Crippen molar-refractivity contribution < 1.29 is 0 Å². The van der Waals surface area contributed by atoms with E-state index in [1.807, 2.05) is 36.5 Å². The largest absolute Gasteiger partial charge is 0.341 e. The standard InChI is InChI=1S/C18H23ClN4S/c1-14(15-6-5-9-20-13-15)23(11-10-22(2)3)18(24)21-17-8-4-7-16(19)12-17/h4-9,12-14H,10-11H2,1-3H3,(H,21,24)/t14-/m0/s1. The number of nitrogens with one attached hydrogen (secondary N) is 1. The van der Waals surface area contributed by atoms with Gasteiger partial charge in [0.25, 0.3) is 0 Å². The van der Waals surface area contributed by atoms with Gasteiger partial charge in [0, 0.05) is 36.2 Å². The first-order chi connectivity index (χ1) is 11.5. The highest BCUT2D eigenvalue weighted by molar-refractivity contribution is 7.80. The number of hydrogen-bond acceptors (Lipinski definition) is 3. The first-order valence-corrected chi connectivity index (χ1v) is 8.64. The van der Waals surface area contributed by atoms with Gasteiger partial charge in [0.15, 0.2) is 5.11 Å².